The molecule has 0 spiro atoms. The highest BCUT2D eigenvalue weighted by molar-refractivity contribution is 7.99. The van der Waals surface area contributed by atoms with Crippen LogP contribution in [-0.2, 0) is 0 Å². The van der Waals surface area contributed by atoms with Gasteiger partial charge in [0.25, 0.3) is 0 Å². The minimum atomic E-state index is 0.560. The lowest BCUT2D eigenvalue weighted by atomic mass is 10.1. The Morgan fingerprint density at radius 2 is 2.14 bits per heavy atom. The van der Waals surface area contributed by atoms with Crippen molar-refractivity contribution in [3.63, 3.8) is 0 Å². The second-order valence-electron chi connectivity index (χ2n) is 3.35. The van der Waals surface area contributed by atoms with Crippen molar-refractivity contribution in [1.82, 2.24) is 5.32 Å². The van der Waals surface area contributed by atoms with Crippen LogP contribution in [0.3, 0.4) is 0 Å². The van der Waals surface area contributed by atoms with Crippen LogP contribution < -0.4 is 5.32 Å². The van der Waals surface area contributed by atoms with Crippen LogP contribution in [0.1, 0.15) is 11.6 Å². The maximum absolute atomic E-state index is 3.55. The lowest BCUT2D eigenvalue weighted by molar-refractivity contribution is 0.595. The summed E-state index contributed by atoms with van der Waals surface area (Å²) >= 11 is 3.84. The van der Waals surface area contributed by atoms with Gasteiger partial charge in [0.2, 0.25) is 0 Å². The summed E-state index contributed by atoms with van der Waals surface area (Å²) in [6.45, 7) is 1.14. The molecule has 0 amide bonds. The fraction of sp³-hybridized carbons (Fsp3) is 0.455. The third kappa shape index (κ3) is 2.47. The summed E-state index contributed by atoms with van der Waals surface area (Å²) in [6.07, 6.45) is 2.11. The van der Waals surface area contributed by atoms with Crippen LogP contribution in [-0.4, -0.2) is 24.3 Å². The van der Waals surface area contributed by atoms with Gasteiger partial charge in [0.05, 0.1) is 0 Å². The smallest absolute Gasteiger partial charge is 0.0412 e. The first kappa shape index (κ1) is 10.4. The van der Waals surface area contributed by atoms with Gasteiger partial charge in [-0.05, 0) is 24.0 Å². The summed E-state index contributed by atoms with van der Waals surface area (Å²) in [5.41, 5.74) is 1.43. The van der Waals surface area contributed by atoms with E-state index in [2.05, 4.69) is 35.8 Å². The third-order valence-electron chi connectivity index (χ3n) is 2.44. The van der Waals surface area contributed by atoms with Gasteiger partial charge >= 0.3 is 0 Å². The molecule has 0 aliphatic carbocycles. The molecule has 1 aliphatic heterocycles. The van der Waals surface area contributed by atoms with Crippen molar-refractivity contribution in [2.24, 2.45) is 0 Å². The lowest BCUT2D eigenvalue weighted by Gasteiger charge is -2.23. The van der Waals surface area contributed by atoms with Crippen molar-refractivity contribution in [2.75, 3.05) is 24.3 Å². The molecule has 1 saturated heterocycles. The Hall–Kier alpha value is -0.120. The summed E-state index contributed by atoms with van der Waals surface area (Å²) in [5.74, 6) is 2.46. The van der Waals surface area contributed by atoms with E-state index >= 15 is 0 Å². The largest absolute Gasteiger partial charge is 0.308 e. The molecule has 0 saturated carbocycles. The maximum Gasteiger partial charge on any atom is 0.0412 e. The Labute approximate surface area is 94.0 Å². The molecule has 1 unspecified atom stereocenters. The van der Waals surface area contributed by atoms with Crippen LogP contribution in [0.2, 0.25) is 0 Å². The quantitative estimate of drug-likeness (QED) is 0.777. The summed E-state index contributed by atoms with van der Waals surface area (Å²) in [7, 11) is 0. The fourth-order valence-corrected chi connectivity index (χ4v) is 3.00. The molecule has 1 nitrogen and oxygen atoms in total. The molecule has 1 N–H and O–H groups in total. The zero-order valence-electron chi connectivity index (χ0n) is 8.32. The summed E-state index contributed by atoms with van der Waals surface area (Å²) in [5, 5.41) is 3.55. The molecule has 0 radical (unpaired) electrons. The van der Waals surface area contributed by atoms with E-state index in [1.54, 1.807) is 11.8 Å². The first-order valence-corrected chi connectivity index (χ1v) is 7.23. The monoisotopic (exact) mass is 225 g/mol. The molecule has 14 heavy (non-hydrogen) atoms. The van der Waals surface area contributed by atoms with Crippen LogP contribution >= 0.6 is 23.5 Å². The summed E-state index contributed by atoms with van der Waals surface area (Å²) in [4.78, 5) is 1.34. The second kappa shape index (κ2) is 5.10. The average Bonchev–Trinajstić information content (AvgIpc) is 2.30. The van der Waals surface area contributed by atoms with E-state index in [0.29, 0.717) is 6.04 Å². The summed E-state index contributed by atoms with van der Waals surface area (Å²) in [6, 6.07) is 9.47. The van der Waals surface area contributed by atoms with Gasteiger partial charge < -0.3 is 5.32 Å². The standard InChI is InChI=1S/C11H15NS2/c1-13-10-4-2-9(3-5-10)11-8-14-7-6-12-11/h2-5,11-12H,6-8H2,1H3. The predicted octanol–water partition coefficient (Wildman–Crippen LogP) is 2.79. The maximum atomic E-state index is 3.55. The lowest BCUT2D eigenvalue weighted by Crippen LogP contribution is -2.30. The third-order valence-corrected chi connectivity index (χ3v) is 4.25. The van der Waals surface area contributed by atoms with Gasteiger partial charge in [-0.3, -0.25) is 0 Å². The molecule has 76 valence electrons. The van der Waals surface area contributed by atoms with E-state index in [-0.39, 0.29) is 0 Å². The molecule has 1 aliphatic rings. The fourth-order valence-electron chi connectivity index (χ4n) is 1.62. The molecule has 1 aromatic rings. The SMILES string of the molecule is CSc1ccc(C2CSCCN2)cc1. The molecule has 1 fully saturated rings. The molecule has 1 heterocycles. The van der Waals surface area contributed by atoms with E-state index in [4.69, 9.17) is 0 Å². The Balaban J connectivity index is 2.07. The van der Waals surface area contributed by atoms with Crippen LogP contribution in [0, 0.1) is 0 Å². The van der Waals surface area contributed by atoms with E-state index < -0.39 is 0 Å². The number of rotatable bonds is 2. The highest BCUT2D eigenvalue weighted by Crippen LogP contribution is 2.23. The van der Waals surface area contributed by atoms with Crippen LogP contribution in [0.4, 0.5) is 0 Å². The number of hydrogen-bond donors (Lipinski definition) is 1. The molecular weight excluding hydrogens is 210 g/mol. The first-order valence-electron chi connectivity index (χ1n) is 4.85. The second-order valence-corrected chi connectivity index (χ2v) is 5.38. The van der Waals surface area contributed by atoms with Crippen molar-refractivity contribution in [3.8, 4) is 0 Å². The number of nitrogens with one attached hydrogen (secondary N) is 1. The Bertz CT molecular complexity index is 278. The molecule has 0 aromatic heterocycles. The van der Waals surface area contributed by atoms with Gasteiger partial charge in [-0.25, -0.2) is 0 Å². The molecule has 2 rings (SSSR count). The zero-order chi connectivity index (χ0) is 9.80. The van der Waals surface area contributed by atoms with E-state index in [1.807, 2.05) is 11.8 Å². The minimum Gasteiger partial charge on any atom is -0.308 e. The van der Waals surface area contributed by atoms with Crippen molar-refractivity contribution in [3.05, 3.63) is 29.8 Å². The molecule has 3 heteroatoms. The van der Waals surface area contributed by atoms with Crippen molar-refractivity contribution in [1.29, 1.82) is 0 Å². The Morgan fingerprint density at radius 3 is 2.71 bits per heavy atom. The summed E-state index contributed by atoms with van der Waals surface area (Å²) < 4.78 is 0. The number of hydrogen-bond acceptors (Lipinski definition) is 3. The molecular formula is C11H15NS2. The van der Waals surface area contributed by atoms with Gasteiger partial charge in [0.1, 0.15) is 0 Å². The Kier molecular flexibility index (Phi) is 3.79. The highest BCUT2D eigenvalue weighted by Gasteiger charge is 2.14. The van der Waals surface area contributed by atoms with Gasteiger partial charge in [-0.15, -0.1) is 11.8 Å². The minimum absolute atomic E-state index is 0.560. The highest BCUT2D eigenvalue weighted by atomic mass is 32.2. The van der Waals surface area contributed by atoms with Gasteiger partial charge in [0, 0.05) is 29.0 Å². The van der Waals surface area contributed by atoms with E-state index in [1.165, 1.54) is 22.0 Å². The van der Waals surface area contributed by atoms with Crippen LogP contribution in [0.5, 0.6) is 0 Å². The predicted molar refractivity (Wildman–Crippen MR) is 66.3 cm³/mol. The topological polar surface area (TPSA) is 12.0 Å². The van der Waals surface area contributed by atoms with Crippen molar-refractivity contribution >= 4 is 23.5 Å². The number of thioether (sulfide) groups is 2. The van der Waals surface area contributed by atoms with E-state index in [9.17, 15) is 0 Å². The number of benzene rings is 1. The van der Waals surface area contributed by atoms with Gasteiger partial charge in [-0.2, -0.15) is 11.8 Å². The first-order chi connectivity index (χ1) is 6.90. The van der Waals surface area contributed by atoms with E-state index in [0.717, 1.165) is 6.54 Å². The molecule has 1 atom stereocenters. The molecule has 0 bridgehead atoms. The van der Waals surface area contributed by atoms with Crippen LogP contribution in [0.15, 0.2) is 29.2 Å². The Morgan fingerprint density at radius 1 is 1.36 bits per heavy atom. The zero-order valence-corrected chi connectivity index (χ0v) is 9.96. The van der Waals surface area contributed by atoms with Crippen molar-refractivity contribution in [2.45, 2.75) is 10.9 Å². The average molecular weight is 225 g/mol. The normalized spacial score (nSPS) is 22.2. The van der Waals surface area contributed by atoms with Crippen molar-refractivity contribution < 1.29 is 0 Å². The van der Waals surface area contributed by atoms with Gasteiger partial charge in [0.15, 0.2) is 0 Å². The van der Waals surface area contributed by atoms with Gasteiger partial charge in [-0.1, -0.05) is 12.1 Å². The molecule has 1 aromatic carbocycles. The van der Waals surface area contributed by atoms with Crippen LogP contribution in [0.25, 0.3) is 0 Å².